The predicted molar refractivity (Wildman–Crippen MR) is 523 cm³/mol. The summed E-state index contributed by atoms with van der Waals surface area (Å²) in [4.78, 5) is 9.56. The summed E-state index contributed by atoms with van der Waals surface area (Å²) in [6, 6.07) is 128. The van der Waals surface area contributed by atoms with Crippen molar-refractivity contribution in [3.63, 3.8) is 0 Å². The van der Waals surface area contributed by atoms with Gasteiger partial charge >= 0.3 is 0 Å². The molecular weight excluding hydrogens is 1530 g/mol. The fourth-order valence-electron chi connectivity index (χ4n) is 20.5. The van der Waals surface area contributed by atoms with Gasteiger partial charge in [0.25, 0.3) is 0 Å². The average Bonchev–Trinajstić information content (AvgIpc) is 1.52. The fourth-order valence-corrected chi connectivity index (χ4v) is 22.9. The van der Waals surface area contributed by atoms with Gasteiger partial charge in [0.05, 0.1) is 27.5 Å². The van der Waals surface area contributed by atoms with E-state index in [2.05, 4.69) is 460 Å². The Morgan fingerprint density at radius 2 is 0.545 bits per heavy atom. The summed E-state index contributed by atoms with van der Waals surface area (Å²) >= 11 is 0. The molecule has 0 spiro atoms. The first-order valence-electron chi connectivity index (χ1n) is 43.4. The van der Waals surface area contributed by atoms with Crippen molar-refractivity contribution < 1.29 is 13.3 Å². The largest absolute Gasteiger partial charge is 0.455 e. The zero-order chi connectivity index (χ0) is 84.4. The lowest BCUT2D eigenvalue weighted by Crippen LogP contribution is -2.37. The van der Waals surface area contributed by atoms with Crippen molar-refractivity contribution in [1.29, 1.82) is 0 Å². The van der Waals surface area contributed by atoms with Crippen molar-refractivity contribution in [3.8, 4) is 56.4 Å². The van der Waals surface area contributed by atoms with Crippen LogP contribution in [0.3, 0.4) is 0 Å². The number of hydrogen-bond acceptors (Lipinski definition) is 7. The molecule has 3 heterocycles. The highest BCUT2D eigenvalue weighted by Gasteiger charge is 2.52. The molecule has 0 fully saturated rings. The summed E-state index contributed by atoms with van der Waals surface area (Å²) in [5.74, 6) is 4.01. The molecule has 0 N–H and O–H groups in total. The van der Waals surface area contributed by atoms with Gasteiger partial charge in [0, 0.05) is 139 Å². The smallest absolute Gasteiger partial charge is 0.159 e. The summed E-state index contributed by atoms with van der Waals surface area (Å²) in [6.07, 6.45) is 0. The van der Waals surface area contributed by atoms with Gasteiger partial charge in [0.15, 0.2) is 5.58 Å². The number of hydrogen-bond donors (Lipinski definition) is 0. The molecule has 4 aliphatic rings. The Kier molecular flexibility index (Phi) is 17.9. The Morgan fingerprint density at radius 1 is 0.228 bits per heavy atom. The normalized spacial score (nSPS) is 14.4. The van der Waals surface area contributed by atoms with E-state index < -0.39 is 16.1 Å². The van der Waals surface area contributed by atoms with Crippen LogP contribution in [0, 0.1) is 0 Å². The fraction of sp³-hybridized carbons (Fsp3) is 0.158. The molecule has 7 nitrogen and oxygen atoms in total. The minimum Gasteiger partial charge on any atom is -0.455 e. The van der Waals surface area contributed by atoms with E-state index >= 15 is 0 Å². The molecule has 0 amide bonds. The minimum atomic E-state index is -1.46. The van der Waals surface area contributed by atoms with E-state index in [4.69, 9.17) is 13.3 Å². The van der Waals surface area contributed by atoms with Crippen LogP contribution >= 0.6 is 0 Å². The van der Waals surface area contributed by atoms with E-state index in [0.29, 0.717) is 0 Å². The third-order valence-electron chi connectivity index (χ3n) is 26.9. The second-order valence-corrected chi connectivity index (χ2v) is 48.2. The first-order valence-corrected chi connectivity index (χ1v) is 50.4. The van der Waals surface area contributed by atoms with Crippen LogP contribution in [0.25, 0.3) is 89.1 Å². The van der Waals surface area contributed by atoms with Crippen LogP contribution < -0.4 is 30.0 Å². The minimum absolute atomic E-state index is 0.273. The molecule has 4 aliphatic carbocycles. The van der Waals surface area contributed by atoms with Crippen LogP contribution in [0.15, 0.2) is 365 Å². The molecule has 0 radical (unpaired) electrons. The van der Waals surface area contributed by atoms with Gasteiger partial charge in [-0.05, 0) is 202 Å². The second kappa shape index (κ2) is 28.6. The molecule has 3 aromatic heterocycles. The monoisotopic (exact) mass is 1630 g/mol. The predicted octanol–water partition coefficient (Wildman–Crippen LogP) is 31.5. The second-order valence-electron chi connectivity index (χ2n) is 38.0. The van der Waals surface area contributed by atoms with Crippen LogP contribution in [0.4, 0.5) is 68.2 Å². The lowest BCUT2D eigenvalue weighted by atomic mass is 9.74. The van der Waals surface area contributed by atoms with E-state index in [0.717, 1.165) is 130 Å². The molecule has 22 rings (SSSR count). The topological polar surface area (TPSA) is 52.4 Å². The van der Waals surface area contributed by atoms with E-state index in [9.17, 15) is 0 Å². The molecule has 0 unspecified atom stereocenters. The average molecular weight is 1630 g/mol. The summed E-state index contributed by atoms with van der Waals surface area (Å²) in [6.45, 7) is 33.5. The maximum absolute atomic E-state index is 7.21. The molecule has 0 bridgehead atoms. The maximum atomic E-state index is 7.21. The number of furan rings is 3. The third kappa shape index (κ3) is 12.5. The lowest BCUT2D eigenvalue weighted by Gasteiger charge is -2.31. The number of rotatable bonds is 15. The van der Waals surface area contributed by atoms with Crippen LogP contribution in [0.1, 0.15) is 99.9 Å². The van der Waals surface area contributed by atoms with Crippen LogP contribution in [-0.4, -0.2) is 16.1 Å². The standard InChI is InChI=1S/C61H52N2O2Si.C53H48N2OSi/c1-60(2)50-37-42(62(40-21-12-9-13-22-40)41-29-33-44(34-30-41)66(5,6)7)31-35-48(50)58-55(60)56-59(65-58)49-36-32-43(38-51(49)61(56,3)4)63(52-26-16-14-23-45(52)39-19-10-8-11-20-39)53-27-18-25-47-46-24-15-17-28-54(46)64-57(47)53;1-52(2)46-33-41(54(37-18-10-8-11-19-37)39-24-28-43(29-25-39)57(5,6)7)26-30-44(46)50-48(52)49-51(56-50)45-31-27-42(34-47(45)53(49,3)4)55(38-20-12-9-13-21-38)40-23-22-35-16-14-15-17-36(35)32-40/h8-38H,1-7H3;8-34H,1-7H3. The molecule has 0 aliphatic heterocycles. The van der Waals surface area contributed by atoms with Crippen molar-refractivity contribution in [1.82, 2.24) is 0 Å². The van der Waals surface area contributed by atoms with E-state index in [1.165, 1.54) is 82.3 Å². The van der Waals surface area contributed by atoms with Gasteiger partial charge in [-0.2, -0.15) is 0 Å². The zero-order valence-corrected chi connectivity index (χ0v) is 74.5. The molecule has 9 heteroatoms. The highest BCUT2D eigenvalue weighted by Crippen LogP contribution is 2.65. The molecule has 18 aromatic rings. The lowest BCUT2D eigenvalue weighted by molar-refractivity contribution is 0.592. The van der Waals surface area contributed by atoms with Gasteiger partial charge in [-0.3, -0.25) is 0 Å². The molecule has 0 saturated carbocycles. The maximum Gasteiger partial charge on any atom is 0.159 e. The quantitative estimate of drug-likeness (QED) is 0.0948. The number of anilines is 12. The summed E-state index contributed by atoms with van der Waals surface area (Å²) < 4.78 is 21.1. The molecule has 123 heavy (non-hydrogen) atoms. The Hall–Kier alpha value is -13.4. The van der Waals surface area contributed by atoms with Gasteiger partial charge in [0.1, 0.15) is 28.6 Å². The van der Waals surface area contributed by atoms with Gasteiger partial charge in [-0.1, -0.05) is 293 Å². The molecule has 15 aromatic carbocycles. The van der Waals surface area contributed by atoms with Crippen molar-refractivity contribution >= 4 is 127 Å². The van der Waals surface area contributed by atoms with Crippen LogP contribution in [0.5, 0.6) is 0 Å². The Bertz CT molecular complexity index is 7200. The first-order chi connectivity index (χ1) is 59.3. The molecule has 602 valence electrons. The van der Waals surface area contributed by atoms with E-state index in [1.807, 2.05) is 6.07 Å². The van der Waals surface area contributed by atoms with Gasteiger partial charge in [-0.15, -0.1) is 0 Å². The van der Waals surface area contributed by atoms with E-state index in [-0.39, 0.29) is 21.7 Å². The Morgan fingerprint density at radius 3 is 0.976 bits per heavy atom. The van der Waals surface area contributed by atoms with Gasteiger partial charge in [-0.25, -0.2) is 0 Å². The van der Waals surface area contributed by atoms with Crippen molar-refractivity contribution in [3.05, 3.63) is 396 Å². The third-order valence-corrected chi connectivity index (χ3v) is 31.0. The van der Waals surface area contributed by atoms with Crippen LogP contribution in [-0.2, 0) is 21.7 Å². The van der Waals surface area contributed by atoms with Crippen molar-refractivity contribution in [2.45, 2.75) is 116 Å². The van der Waals surface area contributed by atoms with Crippen molar-refractivity contribution in [2.75, 3.05) is 19.6 Å². The van der Waals surface area contributed by atoms with Crippen LogP contribution in [0.2, 0.25) is 39.3 Å². The first kappa shape index (κ1) is 76.9. The van der Waals surface area contributed by atoms with E-state index in [1.54, 1.807) is 0 Å². The van der Waals surface area contributed by atoms with Gasteiger partial charge in [0.2, 0.25) is 0 Å². The highest BCUT2D eigenvalue weighted by atomic mass is 28.3. The van der Waals surface area contributed by atoms with Crippen molar-refractivity contribution in [2.24, 2.45) is 0 Å². The highest BCUT2D eigenvalue weighted by molar-refractivity contribution is 6.89. The zero-order valence-electron chi connectivity index (χ0n) is 72.5. The SMILES string of the molecule is CC1(C)c2cc(N(c3ccccc3)c3ccc([Si](C)(C)C)cc3)ccc2-c2oc3c(c21)C(C)(C)c1cc(N(c2ccccc2)c2ccc4ccccc4c2)ccc1-3.CC1(C)c2cc(N(c3ccccc3)c3ccc([Si](C)(C)C)cc3)ccc2-c2oc3c(c21)C(C)(C)c1cc(N(c2ccccc2-c2ccccc2)c2cccc4c2oc2ccccc24)ccc1-3. The molecule has 0 atom stereocenters. The molecular formula is C114H100N4O3Si2. The number of benzene rings is 15. The number of fused-ring (bicyclic) bond motifs is 18. The summed E-state index contributed by atoms with van der Waals surface area (Å²) in [5.41, 5.74) is 31.3. The Balaban J connectivity index is 0.000000153. The summed E-state index contributed by atoms with van der Waals surface area (Å²) in [7, 11) is -2.90. The number of para-hydroxylation sites is 6. The number of nitrogens with zero attached hydrogens (tertiary/aromatic N) is 4. The van der Waals surface area contributed by atoms with Gasteiger partial charge < -0.3 is 32.9 Å². The Labute approximate surface area is 724 Å². The summed E-state index contributed by atoms with van der Waals surface area (Å²) in [5, 5.41) is 7.59. The molecule has 0 saturated heterocycles.